The molecule has 0 fully saturated rings. The van der Waals surface area contributed by atoms with Gasteiger partial charge in [0.15, 0.2) is 5.16 Å². The van der Waals surface area contributed by atoms with Gasteiger partial charge in [0.25, 0.3) is 0 Å². The van der Waals surface area contributed by atoms with Gasteiger partial charge in [0.05, 0.1) is 28.5 Å². The van der Waals surface area contributed by atoms with Crippen LogP contribution in [0.2, 0.25) is 0 Å². The van der Waals surface area contributed by atoms with Crippen LogP contribution in [0.4, 0.5) is 5.82 Å². The monoisotopic (exact) mass is 446 g/mol. The molecule has 4 rings (SSSR count). The molecule has 0 spiro atoms. The van der Waals surface area contributed by atoms with Crippen LogP contribution in [0.3, 0.4) is 0 Å². The van der Waals surface area contributed by atoms with E-state index in [0.717, 1.165) is 49.9 Å². The van der Waals surface area contributed by atoms with Gasteiger partial charge < -0.3 is 15.2 Å². The molecule has 8 heteroatoms. The fourth-order valence-corrected chi connectivity index (χ4v) is 5.43. The predicted octanol–water partition coefficient (Wildman–Crippen LogP) is 4.80. The Kier molecular flexibility index (Phi) is 5.96. The first-order chi connectivity index (χ1) is 14.2. The van der Waals surface area contributed by atoms with Crippen LogP contribution in [0.25, 0.3) is 20.4 Å². The second-order valence-corrected chi connectivity index (χ2v) is 10.9. The van der Waals surface area contributed by atoms with Gasteiger partial charge in [-0.05, 0) is 44.9 Å². The Morgan fingerprint density at radius 1 is 1.20 bits per heavy atom. The Labute approximate surface area is 185 Å². The summed E-state index contributed by atoms with van der Waals surface area (Å²) >= 11 is 3.17. The smallest absolute Gasteiger partial charge is 0.189 e. The van der Waals surface area contributed by atoms with Gasteiger partial charge in [-0.15, -0.1) is 11.3 Å². The molecular weight excluding hydrogens is 416 g/mol. The highest BCUT2D eigenvalue weighted by atomic mass is 32.2. The number of thioether (sulfide) groups is 1. The number of nitrogens with zero attached hydrogens (tertiary/aromatic N) is 3. The van der Waals surface area contributed by atoms with Crippen molar-refractivity contribution in [3.8, 4) is 0 Å². The van der Waals surface area contributed by atoms with Gasteiger partial charge in [-0.25, -0.2) is 15.0 Å². The number of ether oxygens (including phenoxy) is 1. The van der Waals surface area contributed by atoms with E-state index in [2.05, 4.69) is 38.0 Å². The van der Waals surface area contributed by atoms with E-state index in [1.807, 2.05) is 6.26 Å². The van der Waals surface area contributed by atoms with Gasteiger partial charge in [0.2, 0.25) is 0 Å². The lowest BCUT2D eigenvalue weighted by Gasteiger charge is -2.33. The number of aliphatic hydroxyl groups excluding tert-OH is 1. The molecular formula is C22H30N4O2S2. The number of thiophene rings is 1. The molecule has 2 N–H and O–H groups in total. The van der Waals surface area contributed by atoms with Gasteiger partial charge in [-0.3, -0.25) is 0 Å². The summed E-state index contributed by atoms with van der Waals surface area (Å²) in [4.78, 5) is 15.7. The number of anilines is 1. The highest BCUT2D eigenvalue weighted by molar-refractivity contribution is 7.98. The molecule has 6 nitrogen and oxygen atoms in total. The minimum Gasteiger partial charge on any atom is -0.392 e. The van der Waals surface area contributed by atoms with Gasteiger partial charge in [0, 0.05) is 29.6 Å². The Bertz CT molecular complexity index is 1090. The van der Waals surface area contributed by atoms with Gasteiger partial charge in [-0.2, -0.15) is 0 Å². The fourth-order valence-electron chi connectivity index (χ4n) is 3.93. The van der Waals surface area contributed by atoms with Crippen molar-refractivity contribution in [2.75, 3.05) is 18.1 Å². The summed E-state index contributed by atoms with van der Waals surface area (Å²) in [6, 6.07) is 0. The number of pyridine rings is 1. The number of rotatable bonds is 6. The average Bonchev–Trinajstić information content (AvgIpc) is 3.03. The van der Waals surface area contributed by atoms with Crippen molar-refractivity contribution >= 4 is 49.3 Å². The van der Waals surface area contributed by atoms with Crippen molar-refractivity contribution in [2.45, 2.75) is 70.9 Å². The Hall–Kier alpha value is -1.48. The van der Waals surface area contributed by atoms with Crippen molar-refractivity contribution < 1.29 is 9.84 Å². The maximum atomic E-state index is 9.75. The first kappa shape index (κ1) is 21.7. The number of hydrogen-bond acceptors (Lipinski definition) is 8. The topological polar surface area (TPSA) is 80.2 Å². The van der Waals surface area contributed by atoms with Crippen LogP contribution in [-0.4, -0.2) is 44.6 Å². The minimum atomic E-state index is -0.455. The summed E-state index contributed by atoms with van der Waals surface area (Å²) in [6.45, 7) is 11.6. The van der Waals surface area contributed by atoms with Crippen molar-refractivity contribution in [3.63, 3.8) is 0 Å². The van der Waals surface area contributed by atoms with Crippen LogP contribution in [0, 0.1) is 5.92 Å². The summed E-state index contributed by atoms with van der Waals surface area (Å²) in [5.74, 6) is 1.30. The molecule has 3 aromatic rings. The van der Waals surface area contributed by atoms with Crippen molar-refractivity contribution in [1.29, 1.82) is 0 Å². The normalized spacial score (nSPS) is 16.9. The molecule has 0 saturated carbocycles. The standard InChI is InChI=1S/C22H30N4O2S2/c1-11(2)7-15-14-10-28-22(4,5)8-13(14)16-17-18(30-20(16)24-15)19(23-9-12(3)27)26-21(25-17)29-6/h11-12,27H,7-10H2,1-6H3,(H,23,25,26). The Balaban J connectivity index is 2.01. The van der Waals surface area contributed by atoms with E-state index in [4.69, 9.17) is 14.7 Å². The lowest BCUT2D eigenvalue weighted by atomic mass is 9.88. The van der Waals surface area contributed by atoms with Crippen molar-refractivity contribution in [2.24, 2.45) is 5.92 Å². The number of aliphatic hydroxyl groups is 1. The molecule has 30 heavy (non-hydrogen) atoms. The summed E-state index contributed by atoms with van der Waals surface area (Å²) in [6.07, 6.45) is 3.31. The fraction of sp³-hybridized carbons (Fsp3) is 0.591. The molecule has 0 amide bonds. The van der Waals surface area contributed by atoms with Crippen LogP contribution < -0.4 is 5.32 Å². The second-order valence-electron chi connectivity index (χ2n) is 9.09. The van der Waals surface area contributed by atoms with Gasteiger partial charge in [0.1, 0.15) is 10.6 Å². The molecule has 4 heterocycles. The third-order valence-electron chi connectivity index (χ3n) is 5.30. The molecule has 3 aromatic heterocycles. The van der Waals surface area contributed by atoms with E-state index in [9.17, 15) is 5.11 Å². The Morgan fingerprint density at radius 2 is 1.97 bits per heavy atom. The minimum absolute atomic E-state index is 0.215. The van der Waals surface area contributed by atoms with E-state index in [1.54, 1.807) is 18.3 Å². The number of nitrogens with one attached hydrogen (secondary N) is 1. The molecule has 0 radical (unpaired) electrons. The first-order valence-electron chi connectivity index (χ1n) is 10.4. The van der Waals surface area contributed by atoms with Crippen molar-refractivity contribution in [3.05, 3.63) is 16.8 Å². The zero-order valence-electron chi connectivity index (χ0n) is 18.5. The molecule has 0 saturated heterocycles. The number of fused-ring (bicyclic) bond motifs is 5. The van der Waals surface area contributed by atoms with Crippen molar-refractivity contribution in [1.82, 2.24) is 15.0 Å². The molecule has 0 aromatic carbocycles. The maximum Gasteiger partial charge on any atom is 0.189 e. The summed E-state index contributed by atoms with van der Waals surface area (Å²) < 4.78 is 7.18. The third kappa shape index (κ3) is 4.15. The zero-order chi connectivity index (χ0) is 21.6. The zero-order valence-corrected chi connectivity index (χ0v) is 20.1. The maximum absolute atomic E-state index is 9.75. The van der Waals surface area contributed by atoms with Crippen LogP contribution >= 0.6 is 23.1 Å². The largest absolute Gasteiger partial charge is 0.392 e. The summed E-state index contributed by atoms with van der Waals surface area (Å²) in [5.41, 5.74) is 4.45. The van der Waals surface area contributed by atoms with E-state index in [-0.39, 0.29) is 5.60 Å². The molecule has 1 atom stereocenters. The second kappa shape index (κ2) is 8.22. The van der Waals surface area contributed by atoms with Gasteiger partial charge in [-0.1, -0.05) is 25.6 Å². The molecule has 162 valence electrons. The van der Waals surface area contributed by atoms with E-state index in [0.29, 0.717) is 19.1 Å². The molecule has 1 aliphatic heterocycles. The lowest BCUT2D eigenvalue weighted by molar-refractivity contribution is -0.0402. The van der Waals surface area contributed by atoms with Crippen LogP contribution in [-0.2, 0) is 24.2 Å². The van der Waals surface area contributed by atoms with E-state index >= 15 is 0 Å². The number of hydrogen-bond donors (Lipinski definition) is 2. The molecule has 1 unspecified atom stereocenters. The number of aromatic nitrogens is 3. The summed E-state index contributed by atoms with van der Waals surface area (Å²) in [7, 11) is 0. The molecule has 0 aliphatic carbocycles. The highest BCUT2D eigenvalue weighted by Gasteiger charge is 2.32. The predicted molar refractivity (Wildman–Crippen MR) is 126 cm³/mol. The Morgan fingerprint density at radius 3 is 2.63 bits per heavy atom. The van der Waals surface area contributed by atoms with Crippen LogP contribution in [0.5, 0.6) is 0 Å². The van der Waals surface area contributed by atoms with E-state index < -0.39 is 6.10 Å². The lowest BCUT2D eigenvalue weighted by Crippen LogP contribution is -2.33. The highest BCUT2D eigenvalue weighted by Crippen LogP contribution is 2.43. The SMILES string of the molecule is CSc1nc(NCC(C)O)c2sc3nc(CC(C)C)c4c(c3c2n1)CC(C)(C)OC4. The van der Waals surface area contributed by atoms with Crippen LogP contribution in [0.15, 0.2) is 5.16 Å². The van der Waals surface area contributed by atoms with Gasteiger partial charge >= 0.3 is 0 Å². The average molecular weight is 447 g/mol. The van der Waals surface area contributed by atoms with E-state index in [1.165, 1.54) is 22.9 Å². The molecule has 1 aliphatic rings. The molecule has 0 bridgehead atoms. The third-order valence-corrected chi connectivity index (χ3v) is 6.93. The summed E-state index contributed by atoms with van der Waals surface area (Å²) in [5, 5.41) is 14.9. The van der Waals surface area contributed by atoms with Crippen LogP contribution in [0.1, 0.15) is 51.4 Å². The quantitative estimate of drug-likeness (QED) is 0.416. The first-order valence-corrected chi connectivity index (χ1v) is 12.5.